The smallest absolute Gasteiger partial charge is 0.240 e. The maximum absolute atomic E-state index is 12.0. The lowest BCUT2D eigenvalue weighted by atomic mass is 10.1. The topological polar surface area (TPSA) is 76.2 Å². The Labute approximate surface area is 135 Å². The molecule has 0 aliphatic carbocycles. The second-order valence-corrected chi connectivity index (χ2v) is 6.54. The molecule has 1 saturated heterocycles. The van der Waals surface area contributed by atoms with Crippen LogP contribution in [0.2, 0.25) is 0 Å². The molecule has 2 aromatic rings. The Kier molecular flexibility index (Phi) is 4.21. The Balaban J connectivity index is 1.47. The Hall–Kier alpha value is -2.15. The van der Waals surface area contributed by atoms with Gasteiger partial charge in [0.15, 0.2) is 0 Å². The van der Waals surface area contributed by atoms with Crippen molar-refractivity contribution < 1.29 is 9.32 Å². The largest absolute Gasteiger partial charge is 0.338 e. The quantitative estimate of drug-likeness (QED) is 0.914. The molecule has 2 aromatic heterocycles. The third kappa shape index (κ3) is 3.44. The van der Waals surface area contributed by atoms with E-state index in [4.69, 9.17) is 4.52 Å². The van der Waals surface area contributed by atoms with E-state index in [0.717, 1.165) is 24.5 Å². The van der Waals surface area contributed by atoms with Gasteiger partial charge >= 0.3 is 0 Å². The van der Waals surface area contributed by atoms with Crippen LogP contribution in [0, 0.1) is 13.8 Å². The first-order valence-corrected chi connectivity index (χ1v) is 7.94. The number of likely N-dealkylation sites (tertiary alicyclic amines) is 1. The van der Waals surface area contributed by atoms with Gasteiger partial charge in [-0.1, -0.05) is 19.0 Å². The van der Waals surface area contributed by atoms with Gasteiger partial charge in [-0.15, -0.1) is 0 Å². The summed E-state index contributed by atoms with van der Waals surface area (Å²) in [5.74, 6) is 0.610. The lowest BCUT2D eigenvalue weighted by Gasteiger charge is -2.39. The second-order valence-electron chi connectivity index (χ2n) is 6.54. The normalized spacial score (nSPS) is 15.9. The monoisotopic (exact) mass is 317 g/mol. The van der Waals surface area contributed by atoms with Crippen LogP contribution in [0.15, 0.2) is 16.7 Å². The van der Waals surface area contributed by atoms with Gasteiger partial charge in [0.25, 0.3) is 0 Å². The van der Waals surface area contributed by atoms with Gasteiger partial charge in [0.05, 0.1) is 24.0 Å². The Morgan fingerprint density at radius 2 is 2.13 bits per heavy atom. The van der Waals surface area contributed by atoms with Crippen molar-refractivity contribution in [1.29, 1.82) is 0 Å². The third-order valence-corrected chi connectivity index (χ3v) is 4.08. The lowest BCUT2D eigenvalue weighted by molar-refractivity contribution is -0.118. The molecule has 0 atom stereocenters. The van der Waals surface area contributed by atoms with Crippen molar-refractivity contribution in [2.45, 2.75) is 39.7 Å². The standard InChI is InChI=1S/C16H23N5O2/c1-10(2)14-6-16(23-19-14)17-15(22)9-20-7-13(8-20)21-12(4)5-11(3)18-21/h5-6,10,13H,7-9H2,1-4H3,(H,17,22). The van der Waals surface area contributed by atoms with E-state index in [0.29, 0.717) is 18.5 Å². The van der Waals surface area contributed by atoms with Crippen LogP contribution >= 0.6 is 0 Å². The van der Waals surface area contributed by atoms with E-state index in [-0.39, 0.29) is 11.8 Å². The molecular weight excluding hydrogens is 294 g/mol. The molecule has 7 heteroatoms. The van der Waals surface area contributed by atoms with Crippen molar-refractivity contribution in [3.8, 4) is 0 Å². The molecule has 1 aliphatic rings. The Bertz CT molecular complexity index is 697. The van der Waals surface area contributed by atoms with Crippen LogP contribution in [0.25, 0.3) is 0 Å². The Morgan fingerprint density at radius 3 is 2.70 bits per heavy atom. The molecule has 0 radical (unpaired) electrons. The summed E-state index contributed by atoms with van der Waals surface area (Å²) in [6.07, 6.45) is 0. The van der Waals surface area contributed by atoms with E-state index in [9.17, 15) is 4.79 Å². The molecule has 1 N–H and O–H groups in total. The molecule has 0 aromatic carbocycles. The van der Waals surface area contributed by atoms with E-state index >= 15 is 0 Å². The van der Waals surface area contributed by atoms with Crippen molar-refractivity contribution in [2.75, 3.05) is 25.0 Å². The molecule has 23 heavy (non-hydrogen) atoms. The van der Waals surface area contributed by atoms with E-state index in [1.807, 2.05) is 20.8 Å². The van der Waals surface area contributed by atoms with Crippen molar-refractivity contribution in [1.82, 2.24) is 19.8 Å². The molecule has 124 valence electrons. The first kappa shape index (κ1) is 15.7. The zero-order valence-corrected chi connectivity index (χ0v) is 14.0. The first-order valence-electron chi connectivity index (χ1n) is 7.94. The van der Waals surface area contributed by atoms with Gasteiger partial charge in [0.2, 0.25) is 11.8 Å². The molecule has 1 fully saturated rings. The predicted octanol–water partition coefficient (Wildman–Crippen LogP) is 2.11. The summed E-state index contributed by atoms with van der Waals surface area (Å²) in [5.41, 5.74) is 3.04. The average Bonchev–Trinajstić information content (AvgIpc) is 3.00. The SMILES string of the molecule is Cc1cc(C)n(C2CN(CC(=O)Nc3cc(C(C)C)no3)C2)n1. The van der Waals surface area contributed by atoms with Crippen LogP contribution in [0.5, 0.6) is 0 Å². The van der Waals surface area contributed by atoms with Crippen LogP contribution in [0.1, 0.15) is 42.9 Å². The van der Waals surface area contributed by atoms with Gasteiger partial charge in [0.1, 0.15) is 0 Å². The minimum Gasteiger partial charge on any atom is -0.338 e. The highest BCUT2D eigenvalue weighted by molar-refractivity contribution is 5.91. The van der Waals surface area contributed by atoms with E-state index in [1.165, 1.54) is 5.69 Å². The van der Waals surface area contributed by atoms with Gasteiger partial charge in [-0.25, -0.2) is 0 Å². The maximum atomic E-state index is 12.0. The average molecular weight is 317 g/mol. The van der Waals surface area contributed by atoms with Gasteiger partial charge < -0.3 is 4.52 Å². The highest BCUT2D eigenvalue weighted by Gasteiger charge is 2.31. The van der Waals surface area contributed by atoms with Gasteiger partial charge in [-0.05, 0) is 25.8 Å². The summed E-state index contributed by atoms with van der Waals surface area (Å²) in [7, 11) is 0. The minimum absolute atomic E-state index is 0.0803. The molecule has 3 heterocycles. The number of hydrogen-bond donors (Lipinski definition) is 1. The van der Waals surface area contributed by atoms with E-state index < -0.39 is 0 Å². The zero-order valence-electron chi connectivity index (χ0n) is 14.0. The molecule has 0 spiro atoms. The summed E-state index contributed by atoms with van der Waals surface area (Å²) in [5, 5.41) is 11.2. The molecule has 0 unspecified atom stereocenters. The number of aromatic nitrogens is 3. The number of aryl methyl sites for hydroxylation is 2. The molecule has 0 bridgehead atoms. The van der Waals surface area contributed by atoms with Crippen LogP contribution < -0.4 is 5.32 Å². The maximum Gasteiger partial charge on any atom is 0.240 e. The van der Waals surface area contributed by atoms with Crippen molar-refractivity contribution in [3.63, 3.8) is 0 Å². The molecule has 7 nitrogen and oxygen atoms in total. The minimum atomic E-state index is -0.0803. The van der Waals surface area contributed by atoms with Crippen molar-refractivity contribution in [2.24, 2.45) is 0 Å². The number of carbonyl (C=O) groups excluding carboxylic acids is 1. The van der Waals surface area contributed by atoms with E-state index in [2.05, 4.69) is 38.1 Å². The molecule has 3 rings (SSSR count). The van der Waals surface area contributed by atoms with Gasteiger partial charge in [-0.3, -0.25) is 19.7 Å². The number of nitrogens with zero attached hydrogens (tertiary/aromatic N) is 4. The van der Waals surface area contributed by atoms with Gasteiger partial charge in [0, 0.05) is 24.8 Å². The van der Waals surface area contributed by atoms with Crippen LogP contribution in [0.3, 0.4) is 0 Å². The van der Waals surface area contributed by atoms with Crippen LogP contribution in [-0.2, 0) is 4.79 Å². The number of nitrogens with one attached hydrogen (secondary N) is 1. The van der Waals surface area contributed by atoms with Gasteiger partial charge in [-0.2, -0.15) is 5.10 Å². The lowest BCUT2D eigenvalue weighted by Crippen LogP contribution is -2.51. The fourth-order valence-corrected chi connectivity index (χ4v) is 2.84. The highest BCUT2D eigenvalue weighted by atomic mass is 16.5. The summed E-state index contributed by atoms with van der Waals surface area (Å²) in [6, 6.07) is 4.21. The predicted molar refractivity (Wildman–Crippen MR) is 86.4 cm³/mol. The fourth-order valence-electron chi connectivity index (χ4n) is 2.84. The fraction of sp³-hybridized carbons (Fsp3) is 0.562. The first-order chi connectivity index (χ1) is 10.9. The number of amides is 1. The Morgan fingerprint density at radius 1 is 1.39 bits per heavy atom. The molecule has 1 aliphatic heterocycles. The van der Waals surface area contributed by atoms with Crippen LogP contribution in [-0.4, -0.2) is 45.4 Å². The summed E-state index contributed by atoms with van der Waals surface area (Å²) >= 11 is 0. The number of rotatable bonds is 5. The van der Waals surface area contributed by atoms with Crippen molar-refractivity contribution >= 4 is 11.8 Å². The molecule has 0 saturated carbocycles. The molecular formula is C16H23N5O2. The molecule has 1 amide bonds. The number of hydrogen-bond acceptors (Lipinski definition) is 5. The number of carbonyl (C=O) groups is 1. The second kappa shape index (κ2) is 6.16. The van der Waals surface area contributed by atoms with Crippen LogP contribution in [0.4, 0.5) is 5.88 Å². The third-order valence-electron chi connectivity index (χ3n) is 4.08. The van der Waals surface area contributed by atoms with Crippen molar-refractivity contribution in [3.05, 3.63) is 29.2 Å². The highest BCUT2D eigenvalue weighted by Crippen LogP contribution is 2.22. The van der Waals surface area contributed by atoms with E-state index in [1.54, 1.807) is 6.07 Å². The summed E-state index contributed by atoms with van der Waals surface area (Å²) < 4.78 is 7.17. The summed E-state index contributed by atoms with van der Waals surface area (Å²) in [6.45, 7) is 10.1. The number of anilines is 1. The summed E-state index contributed by atoms with van der Waals surface area (Å²) in [4.78, 5) is 14.1. The zero-order chi connectivity index (χ0) is 16.6.